The second-order valence-electron chi connectivity index (χ2n) is 12.8. The number of aryl methyl sites for hydroxylation is 1. The van der Waals surface area contributed by atoms with E-state index in [4.69, 9.17) is 21.6 Å². The molecule has 1 amide bonds. The van der Waals surface area contributed by atoms with Gasteiger partial charge in [0.1, 0.15) is 6.10 Å². The van der Waals surface area contributed by atoms with E-state index in [1.54, 1.807) is 27.7 Å². The average Bonchev–Trinajstić information content (AvgIpc) is 3.37. The number of hydrogen-bond acceptors (Lipinski definition) is 10. The molecule has 13 nitrogen and oxygen atoms in total. The van der Waals surface area contributed by atoms with E-state index in [0.717, 1.165) is 36.2 Å². The van der Waals surface area contributed by atoms with Crippen LogP contribution in [0.2, 0.25) is 5.02 Å². The molecule has 2 saturated carbocycles. The summed E-state index contributed by atoms with van der Waals surface area (Å²) < 4.78 is 3.44. The molecule has 2 aromatic carbocycles. The van der Waals surface area contributed by atoms with Gasteiger partial charge in [-0.2, -0.15) is 0 Å². The summed E-state index contributed by atoms with van der Waals surface area (Å²) in [6.45, 7) is 0.423. The number of ketones is 1. The first-order chi connectivity index (χ1) is 24.7. The number of fused-ring (bicyclic) bond motifs is 2. The molecular formula is C36H35BrClN9O4. The monoisotopic (exact) mass is 771 g/mol. The number of alkyl halides is 1. The van der Waals surface area contributed by atoms with Crippen LogP contribution >= 0.6 is 27.5 Å². The fourth-order valence-electron chi connectivity index (χ4n) is 7.01. The maximum atomic E-state index is 12.7. The highest BCUT2D eigenvalue weighted by molar-refractivity contribution is 9.09. The lowest BCUT2D eigenvalue weighted by molar-refractivity contribution is -0.132. The summed E-state index contributed by atoms with van der Waals surface area (Å²) in [7, 11) is 1.53. The lowest BCUT2D eigenvalue weighted by Gasteiger charge is -2.23. The molecule has 51 heavy (non-hydrogen) atoms. The van der Waals surface area contributed by atoms with Gasteiger partial charge in [0.15, 0.2) is 22.8 Å². The van der Waals surface area contributed by atoms with Gasteiger partial charge in [-0.3, -0.25) is 9.59 Å². The predicted octanol–water partition coefficient (Wildman–Crippen LogP) is 4.04. The second-order valence-corrected chi connectivity index (χ2v) is 13.8. The minimum absolute atomic E-state index is 0.0199. The van der Waals surface area contributed by atoms with Gasteiger partial charge in [-0.1, -0.05) is 50.8 Å². The average molecular weight is 773 g/mol. The maximum absolute atomic E-state index is 12.7. The summed E-state index contributed by atoms with van der Waals surface area (Å²) in [6, 6.07) is 14.1. The van der Waals surface area contributed by atoms with E-state index in [2.05, 4.69) is 53.7 Å². The maximum Gasteiger partial charge on any atom is 0.229 e. The third kappa shape index (κ3) is 6.74. The molecular weight excluding hydrogens is 738 g/mol. The summed E-state index contributed by atoms with van der Waals surface area (Å²) in [4.78, 5) is 38.7. The highest BCUT2D eigenvalue weighted by Crippen LogP contribution is 2.67. The minimum atomic E-state index is -1.21. The topological polar surface area (TPSA) is 173 Å². The zero-order chi connectivity index (χ0) is 35.7. The zero-order valence-corrected chi connectivity index (χ0v) is 30.0. The number of carbonyl (C=O) groups excluding carboxylic acids is 2. The van der Waals surface area contributed by atoms with E-state index in [-0.39, 0.29) is 28.8 Å². The van der Waals surface area contributed by atoms with E-state index >= 15 is 0 Å². The standard InChI is InChI=1S/C36H35BrClN9O4/c1-39-35(51)36-16-26(36)30(31(49)32(36)50)46-20-41-29-33(40-18-21-7-6-8-23(38)15-21)42-28(43-34(29)46)10-5-3-2-4-9-24-19-47(45-44-24)25-13-11-22(12-14-25)27(48)17-37/h6-8,11-15,19-20,26,30-32,49-50H,2-4,9,16-18H2,1H3,(H,39,51)(H,40,42,43)/t26-,30+,31-,32-,36+/m0/s1. The number of benzene rings is 2. The van der Waals surface area contributed by atoms with E-state index in [1.807, 2.05) is 42.6 Å². The van der Waals surface area contributed by atoms with Gasteiger partial charge in [-0.15, -0.1) is 5.10 Å². The highest BCUT2D eigenvalue weighted by atomic mass is 79.9. The quantitative estimate of drug-likeness (QED) is 0.0628. The van der Waals surface area contributed by atoms with Crippen molar-refractivity contribution in [3.8, 4) is 17.5 Å². The largest absolute Gasteiger partial charge is 0.389 e. The van der Waals surface area contributed by atoms with Crippen LogP contribution in [0, 0.1) is 23.2 Å². The van der Waals surface area contributed by atoms with Gasteiger partial charge in [0, 0.05) is 36.5 Å². The second kappa shape index (κ2) is 14.5. The summed E-state index contributed by atoms with van der Waals surface area (Å²) in [5.74, 6) is 6.51. The van der Waals surface area contributed by atoms with Crippen molar-refractivity contribution in [3.63, 3.8) is 0 Å². The van der Waals surface area contributed by atoms with Crippen LogP contribution in [0.25, 0.3) is 16.9 Å². The fraction of sp³-hybridized carbons (Fsp3) is 0.361. The number of aliphatic hydroxyl groups is 2. The normalized spacial score (nSPS) is 21.9. The molecule has 3 heterocycles. The van der Waals surface area contributed by atoms with Crippen molar-refractivity contribution in [2.45, 2.75) is 56.9 Å². The molecule has 2 aliphatic rings. The molecule has 15 heteroatoms. The SMILES string of the molecule is CNC(=O)[C@]12C[C@H]1[C@@H](n1cnc3c(NCc4cccc(Cl)c4)nc(C#CCCCCc4cn(-c5ccc(C(=O)CBr)cc5)nn4)nc31)[C@H](O)[C@@H]2O. The molecule has 0 saturated heterocycles. The van der Waals surface area contributed by atoms with Crippen LogP contribution in [-0.2, 0) is 17.8 Å². The zero-order valence-electron chi connectivity index (χ0n) is 27.6. The van der Waals surface area contributed by atoms with E-state index in [0.29, 0.717) is 47.0 Å². The summed E-state index contributed by atoms with van der Waals surface area (Å²) in [5, 5.41) is 37.5. The number of carbonyl (C=O) groups is 2. The molecule has 5 aromatic rings. The number of nitrogens with zero attached hydrogens (tertiary/aromatic N) is 7. The number of aromatic nitrogens is 7. The Labute approximate surface area is 307 Å². The number of hydrogen-bond donors (Lipinski definition) is 4. The molecule has 3 aromatic heterocycles. The molecule has 5 atom stereocenters. The Morgan fingerprint density at radius 1 is 1.14 bits per heavy atom. The number of anilines is 1. The molecule has 0 unspecified atom stereocenters. The van der Waals surface area contributed by atoms with Crippen LogP contribution in [-0.4, -0.2) is 81.0 Å². The number of rotatable bonds is 12. The molecule has 0 spiro atoms. The number of imidazole rings is 1. The first-order valence-electron chi connectivity index (χ1n) is 16.6. The van der Waals surface area contributed by atoms with Crippen molar-refractivity contribution in [2.75, 3.05) is 17.7 Å². The Balaban J connectivity index is 1.05. The number of nitrogens with one attached hydrogen (secondary N) is 2. The first kappa shape index (κ1) is 34.8. The third-order valence-electron chi connectivity index (χ3n) is 9.71. The molecule has 0 radical (unpaired) electrons. The van der Waals surface area contributed by atoms with Crippen molar-refractivity contribution in [1.82, 2.24) is 39.8 Å². The van der Waals surface area contributed by atoms with Crippen LogP contribution in [0.3, 0.4) is 0 Å². The van der Waals surface area contributed by atoms with Gasteiger partial charge < -0.3 is 25.4 Å². The highest BCUT2D eigenvalue weighted by Gasteiger charge is 2.75. The van der Waals surface area contributed by atoms with Gasteiger partial charge in [0.25, 0.3) is 0 Å². The number of amides is 1. The Hall–Kier alpha value is -4.68. The van der Waals surface area contributed by atoms with Gasteiger partial charge in [0.05, 0.1) is 46.8 Å². The van der Waals surface area contributed by atoms with Crippen molar-refractivity contribution >= 4 is 56.2 Å². The molecule has 2 fully saturated rings. The van der Waals surface area contributed by atoms with Crippen LogP contribution in [0.5, 0.6) is 0 Å². The lowest BCUT2D eigenvalue weighted by Crippen LogP contribution is -2.41. The molecule has 7 rings (SSSR count). The minimum Gasteiger partial charge on any atom is -0.389 e. The van der Waals surface area contributed by atoms with Crippen LogP contribution in [0.1, 0.15) is 59.2 Å². The Morgan fingerprint density at radius 2 is 1.96 bits per heavy atom. The number of Topliss-reactive ketones (excluding diaryl/α,β-unsaturated/α-hetero) is 1. The molecule has 262 valence electrons. The lowest BCUT2D eigenvalue weighted by atomic mass is 9.98. The van der Waals surface area contributed by atoms with E-state index in [1.165, 1.54) is 7.05 Å². The van der Waals surface area contributed by atoms with Crippen LogP contribution in [0.4, 0.5) is 5.82 Å². The molecule has 2 aliphatic carbocycles. The first-order valence-corrected chi connectivity index (χ1v) is 18.1. The molecule has 4 N–H and O–H groups in total. The number of unbranched alkanes of at least 4 members (excludes halogenated alkanes) is 2. The Kier molecular flexibility index (Phi) is 9.89. The molecule has 0 bridgehead atoms. The van der Waals surface area contributed by atoms with Gasteiger partial charge in [0.2, 0.25) is 11.7 Å². The van der Waals surface area contributed by atoms with Gasteiger partial charge >= 0.3 is 0 Å². The number of halogens is 2. The number of aliphatic hydroxyl groups excluding tert-OH is 2. The Bertz CT molecular complexity index is 2160. The summed E-state index contributed by atoms with van der Waals surface area (Å²) in [6.07, 6.45) is 4.54. The van der Waals surface area contributed by atoms with E-state index in [9.17, 15) is 19.8 Å². The van der Waals surface area contributed by atoms with E-state index < -0.39 is 23.7 Å². The van der Waals surface area contributed by atoms with Gasteiger partial charge in [-0.05, 0) is 73.6 Å². The van der Waals surface area contributed by atoms with Gasteiger partial charge in [-0.25, -0.2) is 19.6 Å². The molecule has 0 aliphatic heterocycles. The summed E-state index contributed by atoms with van der Waals surface area (Å²) >= 11 is 9.40. The van der Waals surface area contributed by atoms with Crippen molar-refractivity contribution in [3.05, 3.63) is 88.7 Å². The Morgan fingerprint density at radius 3 is 2.73 bits per heavy atom. The van der Waals surface area contributed by atoms with Crippen LogP contribution in [0.15, 0.2) is 61.1 Å². The summed E-state index contributed by atoms with van der Waals surface area (Å²) in [5.41, 5.74) is 3.17. The van der Waals surface area contributed by atoms with Crippen molar-refractivity contribution in [2.24, 2.45) is 11.3 Å². The smallest absolute Gasteiger partial charge is 0.229 e. The third-order valence-corrected chi connectivity index (χ3v) is 10.5. The van der Waals surface area contributed by atoms with Crippen molar-refractivity contribution < 1.29 is 19.8 Å². The fourth-order valence-corrected chi connectivity index (χ4v) is 7.55. The van der Waals surface area contributed by atoms with Crippen LogP contribution < -0.4 is 10.6 Å². The van der Waals surface area contributed by atoms with Crippen molar-refractivity contribution in [1.29, 1.82) is 0 Å². The predicted molar refractivity (Wildman–Crippen MR) is 194 cm³/mol.